The van der Waals surface area contributed by atoms with Crippen molar-refractivity contribution in [1.82, 2.24) is 0 Å². The van der Waals surface area contributed by atoms with E-state index in [0.717, 1.165) is 12.8 Å². The van der Waals surface area contributed by atoms with Crippen LogP contribution in [0.2, 0.25) is 0 Å². The molecule has 0 aromatic rings. The maximum Gasteiger partial charge on any atom is 1.00 e. The van der Waals surface area contributed by atoms with Gasteiger partial charge in [-0.05, 0) is 25.7 Å². The molecule has 0 atom stereocenters. The standard InChI is InChI=1S/C12H22O4S.Na/c1-2-3-4-5-6-7-8-9-10-11-12-16-17(13,14)15;/h6-7,9-10H,2-5,8,11-12H2,1H3,(H,13,14,15);/q;+1/p-1/b7-6-,10-9-;. The Morgan fingerprint density at radius 2 is 1.67 bits per heavy atom. The molecule has 100 valence electrons. The summed E-state index contributed by atoms with van der Waals surface area (Å²) in [5.41, 5.74) is 0. The Bertz CT molecular complexity index is 323. The van der Waals surface area contributed by atoms with Crippen molar-refractivity contribution in [1.29, 1.82) is 0 Å². The minimum absolute atomic E-state index is 0. The van der Waals surface area contributed by atoms with Crippen molar-refractivity contribution in [3.8, 4) is 0 Å². The van der Waals surface area contributed by atoms with E-state index >= 15 is 0 Å². The van der Waals surface area contributed by atoms with Crippen LogP contribution in [0.25, 0.3) is 0 Å². The molecule has 0 aliphatic carbocycles. The SMILES string of the molecule is CCCCC/C=C\C/C=C\CCOS(=O)(=O)[O-].[Na+]. The van der Waals surface area contributed by atoms with Gasteiger partial charge in [0.05, 0.1) is 6.61 Å². The molecule has 0 amide bonds. The van der Waals surface area contributed by atoms with Crippen LogP contribution in [0.15, 0.2) is 24.3 Å². The van der Waals surface area contributed by atoms with E-state index in [0.29, 0.717) is 6.42 Å². The first-order chi connectivity index (χ1) is 8.06. The van der Waals surface area contributed by atoms with E-state index in [-0.39, 0.29) is 36.2 Å². The van der Waals surface area contributed by atoms with Gasteiger partial charge >= 0.3 is 29.6 Å². The molecular weight excluding hydrogens is 263 g/mol. The monoisotopic (exact) mass is 284 g/mol. The van der Waals surface area contributed by atoms with Gasteiger partial charge < -0.3 is 4.55 Å². The van der Waals surface area contributed by atoms with Crippen molar-refractivity contribution < 1.29 is 46.7 Å². The normalized spacial score (nSPS) is 12.1. The Morgan fingerprint density at radius 3 is 2.22 bits per heavy atom. The minimum Gasteiger partial charge on any atom is -0.726 e. The van der Waals surface area contributed by atoms with Crippen LogP contribution in [0, 0.1) is 0 Å². The van der Waals surface area contributed by atoms with Crippen LogP contribution in [0.4, 0.5) is 0 Å². The van der Waals surface area contributed by atoms with Gasteiger partial charge in [0.25, 0.3) is 0 Å². The average Bonchev–Trinajstić information content (AvgIpc) is 2.24. The van der Waals surface area contributed by atoms with E-state index in [4.69, 9.17) is 0 Å². The summed E-state index contributed by atoms with van der Waals surface area (Å²) in [6, 6.07) is 0. The third kappa shape index (κ3) is 18.7. The minimum atomic E-state index is -4.53. The summed E-state index contributed by atoms with van der Waals surface area (Å²) < 4.78 is 34.3. The number of rotatable bonds is 10. The van der Waals surface area contributed by atoms with Gasteiger partial charge in [-0.25, -0.2) is 8.42 Å². The third-order valence-electron chi connectivity index (χ3n) is 2.09. The molecule has 0 saturated heterocycles. The Balaban J connectivity index is 0. The first kappa shape index (κ1) is 20.7. The van der Waals surface area contributed by atoms with E-state index < -0.39 is 10.4 Å². The topological polar surface area (TPSA) is 66.4 Å². The zero-order valence-electron chi connectivity index (χ0n) is 11.3. The molecule has 0 aliphatic heterocycles. The van der Waals surface area contributed by atoms with Crippen molar-refractivity contribution >= 4 is 10.4 Å². The summed E-state index contributed by atoms with van der Waals surface area (Å²) >= 11 is 0. The number of allylic oxidation sites excluding steroid dienone is 3. The summed E-state index contributed by atoms with van der Waals surface area (Å²) in [7, 11) is -4.53. The van der Waals surface area contributed by atoms with Gasteiger partial charge in [-0.15, -0.1) is 0 Å². The van der Waals surface area contributed by atoms with Crippen LogP contribution in [0.1, 0.15) is 45.4 Å². The van der Waals surface area contributed by atoms with Gasteiger partial charge in [0.1, 0.15) is 0 Å². The van der Waals surface area contributed by atoms with E-state index in [9.17, 15) is 13.0 Å². The molecule has 0 radical (unpaired) electrons. The molecular formula is C12H21NaO4S. The molecule has 0 aromatic heterocycles. The van der Waals surface area contributed by atoms with E-state index in [1.54, 1.807) is 0 Å². The second kappa shape index (κ2) is 13.8. The molecule has 0 unspecified atom stereocenters. The molecule has 0 rings (SSSR count). The van der Waals surface area contributed by atoms with Crippen LogP contribution in [0.3, 0.4) is 0 Å². The molecule has 18 heavy (non-hydrogen) atoms. The van der Waals surface area contributed by atoms with Crippen LogP contribution >= 0.6 is 0 Å². The predicted octanol–water partition coefficient (Wildman–Crippen LogP) is -0.0599. The Morgan fingerprint density at radius 1 is 1.06 bits per heavy atom. The van der Waals surface area contributed by atoms with Crippen molar-refractivity contribution in [2.75, 3.05) is 6.61 Å². The molecule has 6 heteroatoms. The molecule has 0 N–H and O–H groups in total. The van der Waals surface area contributed by atoms with Gasteiger partial charge in [0, 0.05) is 0 Å². The summed E-state index contributed by atoms with van der Waals surface area (Å²) in [6.45, 7) is 2.10. The number of hydrogen-bond donors (Lipinski definition) is 0. The van der Waals surface area contributed by atoms with Crippen molar-refractivity contribution in [3.05, 3.63) is 24.3 Å². The molecule has 0 heterocycles. The molecule has 0 fully saturated rings. The van der Waals surface area contributed by atoms with Gasteiger partial charge in [0.2, 0.25) is 10.4 Å². The first-order valence-electron chi connectivity index (χ1n) is 5.96. The predicted molar refractivity (Wildman–Crippen MR) is 67.3 cm³/mol. The van der Waals surface area contributed by atoms with Gasteiger partial charge in [-0.2, -0.15) is 0 Å². The van der Waals surface area contributed by atoms with Gasteiger partial charge in [-0.3, -0.25) is 4.18 Å². The van der Waals surface area contributed by atoms with Crippen LogP contribution < -0.4 is 29.6 Å². The molecule has 0 spiro atoms. The van der Waals surface area contributed by atoms with E-state index in [2.05, 4.69) is 23.3 Å². The first-order valence-corrected chi connectivity index (χ1v) is 7.30. The maximum absolute atomic E-state index is 10.1. The molecule has 0 aromatic carbocycles. The third-order valence-corrected chi connectivity index (χ3v) is 2.55. The zero-order valence-corrected chi connectivity index (χ0v) is 14.1. The largest absolute Gasteiger partial charge is 1.00 e. The summed E-state index contributed by atoms with van der Waals surface area (Å²) in [5.74, 6) is 0. The Hall–Kier alpha value is 0.350. The van der Waals surface area contributed by atoms with E-state index in [1.807, 2.05) is 12.2 Å². The van der Waals surface area contributed by atoms with Crippen molar-refractivity contribution in [3.63, 3.8) is 0 Å². The van der Waals surface area contributed by atoms with Gasteiger partial charge in [-0.1, -0.05) is 44.1 Å². The fourth-order valence-corrected chi connectivity index (χ4v) is 1.54. The smallest absolute Gasteiger partial charge is 0.726 e. The second-order valence-corrected chi connectivity index (χ2v) is 4.75. The fourth-order valence-electron chi connectivity index (χ4n) is 1.24. The second-order valence-electron chi connectivity index (χ2n) is 3.69. The average molecular weight is 284 g/mol. The fraction of sp³-hybridized carbons (Fsp3) is 0.667. The molecule has 0 aliphatic rings. The van der Waals surface area contributed by atoms with Crippen LogP contribution in [-0.4, -0.2) is 19.6 Å². The zero-order chi connectivity index (χ0) is 13.0. The number of hydrogen-bond acceptors (Lipinski definition) is 4. The molecule has 0 bridgehead atoms. The molecule has 0 saturated carbocycles. The maximum atomic E-state index is 10.1. The van der Waals surface area contributed by atoms with Crippen LogP contribution in [0.5, 0.6) is 0 Å². The Kier molecular flexibility index (Phi) is 15.8. The van der Waals surface area contributed by atoms with Gasteiger partial charge in [0.15, 0.2) is 0 Å². The quantitative estimate of drug-likeness (QED) is 0.185. The van der Waals surface area contributed by atoms with Crippen LogP contribution in [-0.2, 0) is 14.6 Å². The van der Waals surface area contributed by atoms with Crippen molar-refractivity contribution in [2.45, 2.75) is 45.4 Å². The molecule has 4 nitrogen and oxygen atoms in total. The van der Waals surface area contributed by atoms with E-state index in [1.165, 1.54) is 19.3 Å². The van der Waals surface area contributed by atoms with Crippen molar-refractivity contribution in [2.24, 2.45) is 0 Å². The Labute approximate surface area is 133 Å². The summed E-state index contributed by atoms with van der Waals surface area (Å²) in [6.07, 6.45) is 14.1. The summed E-state index contributed by atoms with van der Waals surface area (Å²) in [4.78, 5) is 0. The summed E-state index contributed by atoms with van der Waals surface area (Å²) in [5, 5.41) is 0. The number of unbranched alkanes of at least 4 members (excludes halogenated alkanes) is 3.